The number of ether oxygens (including phenoxy) is 1. The number of hydrogen-bond acceptors (Lipinski definition) is 8. The van der Waals surface area contributed by atoms with Gasteiger partial charge >= 0.3 is 0 Å². The molecule has 0 amide bonds. The first-order chi connectivity index (χ1) is 17.5. The van der Waals surface area contributed by atoms with Gasteiger partial charge in [-0.25, -0.2) is 14.5 Å². The van der Waals surface area contributed by atoms with Gasteiger partial charge < -0.3 is 14.6 Å². The van der Waals surface area contributed by atoms with E-state index in [1.165, 1.54) is 15.4 Å². The number of nitrogens with zero attached hydrogens (tertiary/aromatic N) is 7. The standard InChI is InChI=1S/C24H19ClN8O2S/c1-35-15-4-2-3-14(9-15)33-23(30-32-8-5-16(25)19(32)24(33)34)20(36)17-6-7-31(17)22-18-13(10-26)11-27-21(18)28-12-29-22/h2-5,8-9,11-12,17,20,36H,6-7H2,1H3,(H,27,28,29)/t17-,20?/m0/s1. The van der Waals surface area contributed by atoms with E-state index in [0.29, 0.717) is 51.2 Å². The maximum Gasteiger partial charge on any atom is 0.284 e. The van der Waals surface area contributed by atoms with Gasteiger partial charge in [-0.05, 0) is 24.6 Å². The summed E-state index contributed by atoms with van der Waals surface area (Å²) in [6.45, 7) is 0.713. The number of benzene rings is 1. The highest BCUT2D eigenvalue weighted by Gasteiger charge is 2.39. The van der Waals surface area contributed by atoms with Crippen LogP contribution in [0.15, 0.2) is 53.8 Å². The number of thiol groups is 1. The molecule has 1 saturated heterocycles. The van der Waals surface area contributed by atoms with Gasteiger partial charge in [0.25, 0.3) is 5.56 Å². The molecule has 5 aromatic rings. The van der Waals surface area contributed by atoms with Crippen LogP contribution in [-0.4, -0.2) is 48.8 Å². The molecule has 10 nitrogen and oxygen atoms in total. The van der Waals surface area contributed by atoms with Crippen LogP contribution in [-0.2, 0) is 0 Å². The van der Waals surface area contributed by atoms with Crippen LogP contribution in [0.4, 0.5) is 5.82 Å². The van der Waals surface area contributed by atoms with Crippen molar-refractivity contribution in [3.63, 3.8) is 0 Å². The number of rotatable bonds is 5. The molecule has 2 atom stereocenters. The van der Waals surface area contributed by atoms with Gasteiger partial charge in [-0.3, -0.25) is 9.36 Å². The molecular weight excluding hydrogens is 500 g/mol. The van der Waals surface area contributed by atoms with Gasteiger partial charge in [-0.1, -0.05) is 17.7 Å². The molecule has 0 saturated carbocycles. The molecule has 4 aromatic heterocycles. The van der Waals surface area contributed by atoms with Gasteiger partial charge in [0.15, 0.2) is 5.82 Å². The van der Waals surface area contributed by atoms with Crippen LogP contribution in [0.1, 0.15) is 23.1 Å². The summed E-state index contributed by atoms with van der Waals surface area (Å²) in [4.78, 5) is 27.5. The minimum atomic E-state index is -0.474. The number of nitriles is 1. The monoisotopic (exact) mass is 518 g/mol. The van der Waals surface area contributed by atoms with Crippen molar-refractivity contribution in [3.05, 3.63) is 75.8 Å². The Bertz CT molecular complexity index is 1740. The molecule has 12 heteroatoms. The summed E-state index contributed by atoms with van der Waals surface area (Å²) >= 11 is 11.3. The second kappa shape index (κ2) is 8.58. The van der Waals surface area contributed by atoms with E-state index < -0.39 is 5.25 Å². The molecule has 1 N–H and O–H groups in total. The van der Waals surface area contributed by atoms with Crippen LogP contribution in [0.25, 0.3) is 22.2 Å². The van der Waals surface area contributed by atoms with Crippen LogP contribution in [0, 0.1) is 11.3 Å². The van der Waals surface area contributed by atoms with Gasteiger partial charge in [0.1, 0.15) is 35.1 Å². The van der Waals surface area contributed by atoms with Crippen LogP contribution in [0.5, 0.6) is 5.75 Å². The summed E-state index contributed by atoms with van der Waals surface area (Å²) in [6, 6.07) is 10.9. The fourth-order valence-electron chi connectivity index (χ4n) is 4.66. The Balaban J connectivity index is 1.50. The fraction of sp³-hybridized carbons (Fsp3) is 0.208. The largest absolute Gasteiger partial charge is 0.497 e. The summed E-state index contributed by atoms with van der Waals surface area (Å²) < 4.78 is 8.41. The Morgan fingerprint density at radius 3 is 2.94 bits per heavy atom. The molecule has 1 aromatic carbocycles. The fourth-order valence-corrected chi connectivity index (χ4v) is 5.36. The zero-order valence-corrected chi connectivity index (χ0v) is 20.6. The van der Waals surface area contributed by atoms with Crippen molar-refractivity contribution in [3.8, 4) is 17.5 Å². The first kappa shape index (κ1) is 22.5. The summed E-state index contributed by atoms with van der Waals surface area (Å²) in [5, 5.41) is 14.9. The topological polar surface area (TPSA) is 117 Å². The van der Waals surface area contributed by atoms with E-state index >= 15 is 0 Å². The molecule has 1 unspecified atom stereocenters. The van der Waals surface area contributed by atoms with Crippen LogP contribution in [0.2, 0.25) is 5.02 Å². The van der Waals surface area contributed by atoms with Crippen molar-refractivity contribution in [2.75, 3.05) is 18.6 Å². The Morgan fingerprint density at radius 2 is 2.19 bits per heavy atom. The Kier molecular flexibility index (Phi) is 5.35. The highest BCUT2D eigenvalue weighted by Crippen LogP contribution is 2.40. The SMILES string of the molecule is COc1cccc(-n2c(C(S)[C@@H]3CCN3c3ncnc4[nH]cc(C#N)c34)nn3ccc(Cl)c3c2=O)c1. The van der Waals surface area contributed by atoms with E-state index in [2.05, 4.69) is 25.9 Å². The van der Waals surface area contributed by atoms with Crippen molar-refractivity contribution in [2.24, 2.45) is 0 Å². The summed E-state index contributed by atoms with van der Waals surface area (Å²) in [5.41, 5.74) is 1.62. The summed E-state index contributed by atoms with van der Waals surface area (Å²) in [6.07, 6.45) is 5.55. The smallest absolute Gasteiger partial charge is 0.284 e. The second-order valence-electron chi connectivity index (χ2n) is 8.39. The van der Waals surface area contributed by atoms with E-state index in [9.17, 15) is 10.1 Å². The lowest BCUT2D eigenvalue weighted by Crippen LogP contribution is -2.51. The van der Waals surface area contributed by atoms with E-state index in [1.807, 2.05) is 12.1 Å². The maximum atomic E-state index is 13.7. The first-order valence-electron chi connectivity index (χ1n) is 11.1. The zero-order chi connectivity index (χ0) is 25.0. The van der Waals surface area contributed by atoms with E-state index in [4.69, 9.17) is 34.1 Å². The van der Waals surface area contributed by atoms with Gasteiger partial charge in [0.05, 0.1) is 40.1 Å². The number of H-pyrrole nitrogens is 1. The van der Waals surface area contributed by atoms with Crippen molar-refractivity contribution in [2.45, 2.75) is 17.7 Å². The molecule has 0 spiro atoms. The normalized spacial score (nSPS) is 16.2. The summed E-state index contributed by atoms with van der Waals surface area (Å²) in [7, 11) is 1.57. The first-order valence-corrected chi connectivity index (χ1v) is 12.0. The number of aromatic nitrogens is 6. The molecule has 5 heterocycles. The van der Waals surface area contributed by atoms with Crippen molar-refractivity contribution in [1.29, 1.82) is 5.26 Å². The van der Waals surface area contributed by atoms with Crippen LogP contribution >= 0.6 is 24.2 Å². The molecular formula is C24H19ClN8O2S. The lowest BCUT2D eigenvalue weighted by molar-refractivity contribution is 0.413. The molecule has 1 fully saturated rings. The van der Waals surface area contributed by atoms with Gasteiger partial charge in [-0.2, -0.15) is 23.0 Å². The number of methoxy groups -OCH3 is 1. The third-order valence-corrected chi connectivity index (χ3v) is 7.39. The number of aromatic amines is 1. The van der Waals surface area contributed by atoms with Gasteiger partial charge in [0.2, 0.25) is 0 Å². The molecule has 36 heavy (non-hydrogen) atoms. The number of hydrogen-bond donors (Lipinski definition) is 2. The predicted molar refractivity (Wildman–Crippen MR) is 138 cm³/mol. The van der Waals surface area contributed by atoms with Crippen molar-refractivity contribution < 1.29 is 4.74 Å². The quantitative estimate of drug-likeness (QED) is 0.342. The minimum absolute atomic E-state index is 0.139. The minimum Gasteiger partial charge on any atom is -0.497 e. The second-order valence-corrected chi connectivity index (χ2v) is 9.35. The van der Waals surface area contributed by atoms with E-state index in [1.54, 1.807) is 37.7 Å². The molecule has 1 aliphatic rings. The molecule has 1 aliphatic heterocycles. The number of anilines is 1. The molecule has 180 valence electrons. The zero-order valence-electron chi connectivity index (χ0n) is 19.0. The lowest BCUT2D eigenvalue weighted by Gasteiger charge is -2.45. The van der Waals surface area contributed by atoms with Gasteiger partial charge in [-0.15, -0.1) is 0 Å². The number of nitrogens with one attached hydrogen (secondary N) is 1. The average Bonchev–Trinajstić information content (AvgIpc) is 3.47. The highest BCUT2D eigenvalue weighted by atomic mass is 35.5. The average molecular weight is 519 g/mol. The van der Waals surface area contributed by atoms with Crippen LogP contribution in [0.3, 0.4) is 0 Å². The van der Waals surface area contributed by atoms with Crippen LogP contribution < -0.4 is 15.2 Å². The molecule has 6 rings (SSSR count). The Labute approximate surface area is 215 Å². The Hall–Kier alpha value is -4.01. The summed E-state index contributed by atoms with van der Waals surface area (Å²) in [5.74, 6) is 1.70. The molecule has 0 aliphatic carbocycles. The third kappa shape index (κ3) is 3.33. The van der Waals surface area contributed by atoms with Crippen molar-refractivity contribution in [1.82, 2.24) is 29.1 Å². The van der Waals surface area contributed by atoms with Crippen molar-refractivity contribution >= 4 is 46.6 Å². The number of halogens is 1. The third-order valence-electron chi connectivity index (χ3n) is 6.51. The molecule has 0 radical (unpaired) electrons. The van der Waals surface area contributed by atoms with E-state index in [-0.39, 0.29) is 17.1 Å². The van der Waals surface area contributed by atoms with E-state index in [0.717, 1.165) is 6.42 Å². The highest BCUT2D eigenvalue weighted by molar-refractivity contribution is 7.80. The Morgan fingerprint density at radius 1 is 1.33 bits per heavy atom. The maximum absolute atomic E-state index is 13.7. The van der Waals surface area contributed by atoms with Gasteiger partial charge in [0, 0.05) is 25.0 Å². The molecule has 0 bridgehead atoms. The number of fused-ring (bicyclic) bond motifs is 2. The predicted octanol–water partition coefficient (Wildman–Crippen LogP) is 3.54. The lowest BCUT2D eigenvalue weighted by atomic mass is 9.97.